The quantitative estimate of drug-likeness (QED) is 0.630. The molecule has 0 aliphatic rings. The summed E-state index contributed by atoms with van der Waals surface area (Å²) in [6, 6.07) is 0. The van der Waals surface area contributed by atoms with Gasteiger partial charge in [0.1, 0.15) is 0 Å². The Hall–Kier alpha value is -1.05. The van der Waals surface area contributed by atoms with Crippen molar-refractivity contribution in [2.75, 3.05) is 0 Å². The summed E-state index contributed by atoms with van der Waals surface area (Å²) in [5.41, 5.74) is 1.04. The van der Waals surface area contributed by atoms with Crippen molar-refractivity contribution >= 4 is 14.3 Å². The molecule has 0 bridgehead atoms. The van der Waals surface area contributed by atoms with Gasteiger partial charge < -0.3 is 9.53 Å². The fourth-order valence-corrected chi connectivity index (χ4v) is 2.90. The molecule has 108 valence electrons. The standard InChI is InChI=1S/C15H26O3Si/c1-12(9-8-10-14(16)17)11-13(2)18-19(6,7)15(3,4)5/h9,13H,11H2,1-7H3,(H,16,17)/b12-9+/t13-/m0/s1. The van der Waals surface area contributed by atoms with Gasteiger partial charge >= 0.3 is 5.97 Å². The monoisotopic (exact) mass is 282 g/mol. The van der Waals surface area contributed by atoms with Gasteiger partial charge in [0.2, 0.25) is 0 Å². The van der Waals surface area contributed by atoms with Gasteiger partial charge in [-0.1, -0.05) is 32.3 Å². The molecule has 0 saturated carbocycles. The van der Waals surface area contributed by atoms with Crippen LogP contribution in [0.25, 0.3) is 0 Å². The second kappa shape index (κ2) is 6.92. The van der Waals surface area contributed by atoms with Crippen molar-refractivity contribution in [2.24, 2.45) is 0 Å². The number of carboxylic acids is 1. The molecule has 0 amide bonds. The largest absolute Gasteiger partial charge is 0.472 e. The predicted molar refractivity (Wildman–Crippen MR) is 81.5 cm³/mol. The first-order valence-electron chi connectivity index (χ1n) is 6.53. The van der Waals surface area contributed by atoms with Crippen LogP contribution in [-0.2, 0) is 9.22 Å². The zero-order valence-electron chi connectivity index (χ0n) is 13.1. The molecule has 0 aliphatic heterocycles. The van der Waals surface area contributed by atoms with Crippen molar-refractivity contribution in [3.05, 3.63) is 11.6 Å². The number of aliphatic carboxylic acids is 1. The summed E-state index contributed by atoms with van der Waals surface area (Å²) in [6.45, 7) is 15.1. The molecule has 0 aromatic rings. The summed E-state index contributed by atoms with van der Waals surface area (Å²) in [4.78, 5) is 10.3. The number of hydrogen-bond donors (Lipinski definition) is 1. The maximum absolute atomic E-state index is 10.3. The van der Waals surface area contributed by atoms with Gasteiger partial charge in [-0.25, -0.2) is 4.79 Å². The van der Waals surface area contributed by atoms with E-state index >= 15 is 0 Å². The lowest BCUT2D eigenvalue weighted by atomic mass is 10.1. The lowest BCUT2D eigenvalue weighted by Gasteiger charge is -2.38. The van der Waals surface area contributed by atoms with E-state index in [1.165, 1.54) is 0 Å². The topological polar surface area (TPSA) is 46.5 Å². The van der Waals surface area contributed by atoms with E-state index in [9.17, 15) is 4.79 Å². The molecular weight excluding hydrogens is 256 g/mol. The summed E-state index contributed by atoms with van der Waals surface area (Å²) < 4.78 is 6.23. The Kier molecular flexibility index (Phi) is 6.54. The Morgan fingerprint density at radius 1 is 1.42 bits per heavy atom. The maximum Gasteiger partial charge on any atom is 0.382 e. The van der Waals surface area contributed by atoms with Crippen molar-refractivity contribution in [1.82, 2.24) is 0 Å². The first-order valence-corrected chi connectivity index (χ1v) is 9.44. The van der Waals surface area contributed by atoms with Crippen LogP contribution in [0.2, 0.25) is 18.1 Å². The number of allylic oxidation sites excluding steroid dienone is 1. The Morgan fingerprint density at radius 3 is 2.37 bits per heavy atom. The average molecular weight is 282 g/mol. The summed E-state index contributed by atoms with van der Waals surface area (Å²) in [5.74, 6) is 3.51. The molecular formula is C15H26O3Si. The highest BCUT2D eigenvalue weighted by atomic mass is 28.4. The van der Waals surface area contributed by atoms with Crippen molar-refractivity contribution in [3.8, 4) is 11.8 Å². The van der Waals surface area contributed by atoms with Gasteiger partial charge in [-0.3, -0.25) is 0 Å². The van der Waals surface area contributed by atoms with Crippen LogP contribution < -0.4 is 0 Å². The third kappa shape index (κ3) is 7.19. The van der Waals surface area contributed by atoms with Crippen LogP contribution in [0.3, 0.4) is 0 Å². The predicted octanol–water partition coefficient (Wildman–Crippen LogP) is 3.82. The van der Waals surface area contributed by atoms with Gasteiger partial charge in [0, 0.05) is 12.0 Å². The normalized spacial score (nSPS) is 14.6. The minimum atomic E-state index is -1.74. The molecule has 19 heavy (non-hydrogen) atoms. The van der Waals surface area contributed by atoms with Crippen molar-refractivity contribution in [1.29, 1.82) is 0 Å². The van der Waals surface area contributed by atoms with Gasteiger partial charge in [-0.2, -0.15) is 0 Å². The number of hydrogen-bond acceptors (Lipinski definition) is 2. The first kappa shape index (κ1) is 17.9. The van der Waals surface area contributed by atoms with E-state index in [-0.39, 0.29) is 11.1 Å². The van der Waals surface area contributed by atoms with Crippen LogP contribution in [-0.4, -0.2) is 25.5 Å². The van der Waals surface area contributed by atoms with Gasteiger partial charge in [0.25, 0.3) is 0 Å². The van der Waals surface area contributed by atoms with E-state index in [1.54, 1.807) is 6.08 Å². The molecule has 0 spiro atoms. The van der Waals surface area contributed by atoms with Crippen LogP contribution >= 0.6 is 0 Å². The molecule has 1 atom stereocenters. The molecule has 0 aromatic carbocycles. The number of carbonyl (C=O) groups is 1. The van der Waals surface area contributed by atoms with Gasteiger partial charge in [-0.15, -0.1) is 0 Å². The molecule has 0 aromatic heterocycles. The van der Waals surface area contributed by atoms with Crippen molar-refractivity contribution in [2.45, 2.75) is 65.3 Å². The Labute approximate surface area is 118 Å². The van der Waals surface area contributed by atoms with Crippen LogP contribution in [0, 0.1) is 11.8 Å². The van der Waals surface area contributed by atoms with Crippen LogP contribution in [0.4, 0.5) is 0 Å². The molecule has 0 radical (unpaired) electrons. The lowest BCUT2D eigenvalue weighted by molar-refractivity contribution is -0.130. The Morgan fingerprint density at radius 2 is 1.95 bits per heavy atom. The number of carboxylic acid groups (broad SMARTS) is 1. The molecule has 0 heterocycles. The minimum Gasteiger partial charge on any atom is -0.472 e. The lowest BCUT2D eigenvalue weighted by Crippen LogP contribution is -2.43. The van der Waals surface area contributed by atoms with Crippen molar-refractivity contribution in [3.63, 3.8) is 0 Å². The highest BCUT2D eigenvalue weighted by Gasteiger charge is 2.38. The molecule has 0 saturated heterocycles. The second-order valence-electron chi connectivity index (χ2n) is 6.46. The van der Waals surface area contributed by atoms with Gasteiger partial charge in [-0.05, 0) is 44.5 Å². The molecule has 1 N–H and O–H groups in total. The molecule has 0 aliphatic carbocycles. The molecule has 3 nitrogen and oxygen atoms in total. The van der Waals surface area contributed by atoms with E-state index in [4.69, 9.17) is 9.53 Å². The highest BCUT2D eigenvalue weighted by molar-refractivity contribution is 6.74. The molecule has 0 rings (SSSR count). The Balaban J connectivity index is 4.53. The third-order valence-electron chi connectivity index (χ3n) is 3.41. The number of rotatable bonds is 4. The fraction of sp³-hybridized carbons (Fsp3) is 0.667. The summed E-state index contributed by atoms with van der Waals surface area (Å²) >= 11 is 0. The van der Waals surface area contributed by atoms with E-state index in [2.05, 4.69) is 52.6 Å². The van der Waals surface area contributed by atoms with Gasteiger partial charge in [0.15, 0.2) is 8.32 Å². The van der Waals surface area contributed by atoms with E-state index < -0.39 is 14.3 Å². The van der Waals surface area contributed by atoms with Gasteiger partial charge in [0.05, 0.1) is 0 Å². The zero-order chi connectivity index (χ0) is 15.3. The van der Waals surface area contributed by atoms with E-state index in [1.807, 2.05) is 6.92 Å². The minimum absolute atomic E-state index is 0.128. The summed E-state index contributed by atoms with van der Waals surface area (Å²) in [5, 5.41) is 8.63. The zero-order valence-corrected chi connectivity index (χ0v) is 14.1. The fourth-order valence-electron chi connectivity index (χ4n) is 1.45. The SMILES string of the molecule is C/C(=C\C#CC(=O)O)C[C@H](C)O[Si](C)(C)C(C)(C)C. The second-order valence-corrected chi connectivity index (χ2v) is 11.2. The Bertz CT molecular complexity index is 405. The average Bonchev–Trinajstić information content (AvgIpc) is 2.13. The maximum atomic E-state index is 10.3. The molecule has 0 unspecified atom stereocenters. The van der Waals surface area contributed by atoms with Crippen LogP contribution in [0.1, 0.15) is 41.0 Å². The summed E-state index contributed by atoms with van der Waals surface area (Å²) in [6.07, 6.45) is 2.56. The van der Waals surface area contributed by atoms with Crippen LogP contribution in [0.5, 0.6) is 0 Å². The van der Waals surface area contributed by atoms with E-state index in [0.717, 1.165) is 12.0 Å². The third-order valence-corrected chi connectivity index (χ3v) is 8.01. The summed E-state index contributed by atoms with van der Waals surface area (Å²) in [7, 11) is -1.74. The van der Waals surface area contributed by atoms with Crippen molar-refractivity contribution < 1.29 is 14.3 Å². The molecule has 4 heteroatoms. The van der Waals surface area contributed by atoms with E-state index in [0.29, 0.717) is 0 Å². The molecule has 0 fully saturated rings. The van der Waals surface area contributed by atoms with Crippen LogP contribution in [0.15, 0.2) is 11.6 Å². The first-order chi connectivity index (χ1) is 8.45. The highest BCUT2D eigenvalue weighted by Crippen LogP contribution is 2.37. The smallest absolute Gasteiger partial charge is 0.382 e.